The highest BCUT2D eigenvalue weighted by molar-refractivity contribution is 9.10. The van der Waals surface area contributed by atoms with Gasteiger partial charge >= 0.3 is 0 Å². The van der Waals surface area contributed by atoms with Gasteiger partial charge < -0.3 is 15.8 Å². The molecule has 0 spiro atoms. The molecule has 1 aromatic rings. The van der Waals surface area contributed by atoms with Gasteiger partial charge in [0.15, 0.2) is 0 Å². The van der Waals surface area contributed by atoms with E-state index in [1.165, 1.54) is 0 Å². The predicted molar refractivity (Wildman–Crippen MR) is 84.7 cm³/mol. The summed E-state index contributed by atoms with van der Waals surface area (Å²) in [6.45, 7) is 2.59. The van der Waals surface area contributed by atoms with Crippen LogP contribution >= 0.6 is 15.9 Å². The number of morpholine rings is 1. The summed E-state index contributed by atoms with van der Waals surface area (Å²) < 4.78 is 6.45. The Morgan fingerprint density at radius 2 is 2.24 bits per heavy atom. The molecule has 1 aromatic carbocycles. The molecule has 1 saturated carbocycles. The van der Waals surface area contributed by atoms with Crippen molar-refractivity contribution in [2.24, 2.45) is 0 Å². The fraction of sp³-hybridized carbons (Fsp3) is 0.533. The van der Waals surface area contributed by atoms with Crippen molar-refractivity contribution in [1.29, 1.82) is 0 Å². The molecule has 3 N–H and O–H groups in total. The number of amides is 1. The van der Waals surface area contributed by atoms with Gasteiger partial charge in [0.1, 0.15) is 6.04 Å². The van der Waals surface area contributed by atoms with E-state index < -0.39 is 0 Å². The van der Waals surface area contributed by atoms with Gasteiger partial charge in [0.2, 0.25) is 5.91 Å². The molecule has 5 nitrogen and oxygen atoms in total. The first kappa shape index (κ1) is 14.8. The zero-order chi connectivity index (χ0) is 14.8. The smallest absolute Gasteiger partial charge is 0.239 e. The molecule has 21 heavy (non-hydrogen) atoms. The van der Waals surface area contributed by atoms with Crippen molar-refractivity contribution < 1.29 is 9.53 Å². The molecule has 6 heteroatoms. The molecular formula is C15H20BrN3O2. The zero-order valence-electron chi connectivity index (χ0n) is 11.8. The van der Waals surface area contributed by atoms with Crippen LogP contribution in [0.15, 0.2) is 22.7 Å². The topological polar surface area (TPSA) is 67.6 Å². The number of halogens is 1. The van der Waals surface area contributed by atoms with E-state index in [9.17, 15) is 4.79 Å². The maximum atomic E-state index is 12.3. The second-order valence-corrected chi connectivity index (χ2v) is 6.65. The number of carbonyl (C=O) groups excluding carboxylic acids is 1. The molecule has 2 fully saturated rings. The van der Waals surface area contributed by atoms with Crippen LogP contribution in [-0.4, -0.2) is 42.6 Å². The minimum atomic E-state index is -0.209. The Morgan fingerprint density at radius 1 is 1.43 bits per heavy atom. The molecule has 3 rings (SSSR count). The first-order valence-electron chi connectivity index (χ1n) is 7.29. The third kappa shape index (κ3) is 3.96. The predicted octanol–water partition coefficient (Wildman–Crippen LogP) is 1.51. The summed E-state index contributed by atoms with van der Waals surface area (Å²) in [6.07, 6.45) is 2.20. The van der Waals surface area contributed by atoms with Crippen molar-refractivity contribution >= 4 is 27.5 Å². The van der Waals surface area contributed by atoms with Gasteiger partial charge in [-0.3, -0.25) is 9.69 Å². The van der Waals surface area contributed by atoms with Gasteiger partial charge in [0.05, 0.1) is 13.2 Å². The molecule has 114 valence electrons. The Balaban J connectivity index is 1.69. The van der Waals surface area contributed by atoms with Crippen molar-refractivity contribution in [1.82, 2.24) is 10.2 Å². The maximum absolute atomic E-state index is 12.3. The van der Waals surface area contributed by atoms with Crippen LogP contribution in [0.2, 0.25) is 0 Å². The largest absolute Gasteiger partial charge is 0.399 e. The van der Waals surface area contributed by atoms with Gasteiger partial charge in [-0.2, -0.15) is 0 Å². The normalized spacial score (nSPS) is 23.0. The molecule has 2 aliphatic rings. The fourth-order valence-electron chi connectivity index (χ4n) is 2.60. The number of hydrogen-bond donors (Lipinski definition) is 2. The lowest BCUT2D eigenvalue weighted by Crippen LogP contribution is -2.53. The second kappa shape index (κ2) is 6.34. The van der Waals surface area contributed by atoms with Crippen molar-refractivity contribution in [2.75, 3.05) is 25.5 Å². The van der Waals surface area contributed by atoms with Gasteiger partial charge in [0, 0.05) is 29.3 Å². The number of carbonyl (C=O) groups is 1. The average Bonchev–Trinajstić information content (AvgIpc) is 3.22. The minimum Gasteiger partial charge on any atom is -0.399 e. The molecule has 0 bridgehead atoms. The van der Waals surface area contributed by atoms with E-state index in [2.05, 4.69) is 26.1 Å². The number of ether oxygens (including phenoxy) is 1. The van der Waals surface area contributed by atoms with E-state index in [1.54, 1.807) is 0 Å². The number of hydrogen-bond acceptors (Lipinski definition) is 4. The molecular weight excluding hydrogens is 334 g/mol. The lowest BCUT2D eigenvalue weighted by molar-refractivity contribution is -0.133. The molecule has 1 atom stereocenters. The van der Waals surface area contributed by atoms with Crippen molar-refractivity contribution in [3.05, 3.63) is 28.2 Å². The molecule has 1 aliphatic heterocycles. The Labute approximate surface area is 132 Å². The van der Waals surface area contributed by atoms with E-state index in [4.69, 9.17) is 10.5 Å². The Kier molecular flexibility index (Phi) is 4.47. The van der Waals surface area contributed by atoms with Crippen LogP contribution in [0.25, 0.3) is 0 Å². The van der Waals surface area contributed by atoms with E-state index in [0.717, 1.165) is 35.1 Å². The van der Waals surface area contributed by atoms with Crippen molar-refractivity contribution in [2.45, 2.75) is 31.5 Å². The fourth-order valence-corrected chi connectivity index (χ4v) is 3.15. The molecule has 1 amide bonds. The Hall–Kier alpha value is -1.11. The van der Waals surface area contributed by atoms with E-state index >= 15 is 0 Å². The third-order valence-corrected chi connectivity index (χ3v) is 4.29. The summed E-state index contributed by atoms with van der Waals surface area (Å²) in [7, 11) is 0. The summed E-state index contributed by atoms with van der Waals surface area (Å²) in [5.74, 6) is 0.0835. The summed E-state index contributed by atoms with van der Waals surface area (Å²) >= 11 is 3.46. The number of nitrogens with zero attached hydrogens (tertiary/aromatic N) is 1. The summed E-state index contributed by atoms with van der Waals surface area (Å²) in [5.41, 5.74) is 7.71. The van der Waals surface area contributed by atoms with E-state index in [1.807, 2.05) is 18.2 Å². The number of nitrogens with two attached hydrogens (primary N) is 1. The third-order valence-electron chi connectivity index (χ3n) is 3.83. The van der Waals surface area contributed by atoms with E-state index in [-0.39, 0.29) is 11.9 Å². The van der Waals surface area contributed by atoms with Crippen molar-refractivity contribution in [3.8, 4) is 0 Å². The summed E-state index contributed by atoms with van der Waals surface area (Å²) in [4.78, 5) is 14.5. The highest BCUT2D eigenvalue weighted by atomic mass is 79.9. The Morgan fingerprint density at radius 3 is 2.95 bits per heavy atom. The Bertz CT molecular complexity index is 513. The standard InChI is InChI=1S/C15H20BrN3O2/c16-11-5-10(6-12(17)7-11)8-19-3-4-21-9-14(19)15(20)18-13-1-2-13/h5-7,13-14H,1-4,8-9,17H2,(H,18,20). The quantitative estimate of drug-likeness (QED) is 0.805. The van der Waals surface area contributed by atoms with Crippen LogP contribution in [0, 0.1) is 0 Å². The zero-order valence-corrected chi connectivity index (χ0v) is 13.4. The van der Waals surface area contributed by atoms with Gasteiger partial charge in [-0.05, 0) is 36.6 Å². The number of nitrogen functional groups attached to an aromatic ring is 1. The molecule has 1 saturated heterocycles. The van der Waals surface area contributed by atoms with Crippen LogP contribution in [0.4, 0.5) is 5.69 Å². The molecule has 1 unspecified atom stereocenters. The van der Waals surface area contributed by atoms with Crippen LogP contribution in [0.1, 0.15) is 18.4 Å². The van der Waals surface area contributed by atoms with Crippen LogP contribution in [-0.2, 0) is 16.1 Å². The minimum absolute atomic E-state index is 0.0835. The first-order valence-corrected chi connectivity index (χ1v) is 8.08. The number of anilines is 1. The second-order valence-electron chi connectivity index (χ2n) is 5.74. The van der Waals surface area contributed by atoms with Crippen molar-refractivity contribution in [3.63, 3.8) is 0 Å². The molecule has 1 aliphatic carbocycles. The number of nitrogens with one attached hydrogen (secondary N) is 1. The number of rotatable bonds is 4. The monoisotopic (exact) mass is 353 g/mol. The SMILES string of the molecule is Nc1cc(Br)cc(CN2CCOCC2C(=O)NC2CC2)c1. The van der Waals surface area contributed by atoms with Gasteiger partial charge in [-0.25, -0.2) is 0 Å². The summed E-state index contributed by atoms with van der Waals surface area (Å²) in [6, 6.07) is 6.04. The highest BCUT2D eigenvalue weighted by Crippen LogP contribution is 2.22. The summed E-state index contributed by atoms with van der Waals surface area (Å²) in [5, 5.41) is 3.07. The molecule has 0 radical (unpaired) electrons. The van der Waals surface area contributed by atoms with Gasteiger partial charge in [-0.1, -0.05) is 15.9 Å². The van der Waals surface area contributed by atoms with E-state index in [0.29, 0.717) is 25.8 Å². The molecule has 1 heterocycles. The lowest BCUT2D eigenvalue weighted by Gasteiger charge is -2.34. The maximum Gasteiger partial charge on any atom is 0.239 e. The molecule has 0 aromatic heterocycles. The average molecular weight is 354 g/mol. The number of benzene rings is 1. The van der Waals surface area contributed by atoms with Gasteiger partial charge in [0.25, 0.3) is 0 Å². The van der Waals surface area contributed by atoms with Gasteiger partial charge in [-0.15, -0.1) is 0 Å². The highest BCUT2D eigenvalue weighted by Gasteiger charge is 2.33. The van der Waals surface area contributed by atoms with Crippen LogP contribution < -0.4 is 11.1 Å². The van der Waals surface area contributed by atoms with Crippen LogP contribution in [0.3, 0.4) is 0 Å². The first-order chi connectivity index (χ1) is 10.1. The lowest BCUT2D eigenvalue weighted by atomic mass is 10.1. The van der Waals surface area contributed by atoms with Crippen LogP contribution in [0.5, 0.6) is 0 Å².